The van der Waals surface area contributed by atoms with E-state index in [0.717, 1.165) is 21.1 Å². The fourth-order valence-electron chi connectivity index (χ4n) is 1.89. The van der Waals surface area contributed by atoms with Gasteiger partial charge in [0.25, 0.3) is 0 Å². The summed E-state index contributed by atoms with van der Waals surface area (Å²) in [6.07, 6.45) is 0. The quantitative estimate of drug-likeness (QED) is 0.659. The molecule has 0 fully saturated rings. The molecule has 0 aliphatic heterocycles. The van der Waals surface area contributed by atoms with Crippen molar-refractivity contribution in [3.8, 4) is 11.4 Å². The summed E-state index contributed by atoms with van der Waals surface area (Å²) in [6, 6.07) is 11.3. The van der Waals surface area contributed by atoms with Gasteiger partial charge in [-0.2, -0.15) is 0 Å². The van der Waals surface area contributed by atoms with Crippen molar-refractivity contribution in [1.29, 1.82) is 0 Å². The van der Waals surface area contributed by atoms with Gasteiger partial charge in [-0.3, -0.25) is 0 Å². The Labute approximate surface area is 117 Å². The summed E-state index contributed by atoms with van der Waals surface area (Å²) in [5.41, 5.74) is 9.13. The molecule has 0 atom stereocenters. The third-order valence-corrected chi connectivity index (χ3v) is 3.53. The normalized spacial score (nSPS) is 11.0. The molecule has 0 bridgehead atoms. The van der Waals surface area contributed by atoms with Gasteiger partial charge in [0.15, 0.2) is 0 Å². The molecule has 5 heteroatoms. The Morgan fingerprint density at radius 2 is 2.06 bits per heavy atom. The molecule has 3 N–H and O–H groups in total. The Morgan fingerprint density at radius 3 is 2.83 bits per heavy atom. The van der Waals surface area contributed by atoms with Gasteiger partial charge in [-0.25, -0.2) is 4.98 Å². The van der Waals surface area contributed by atoms with Crippen LogP contribution >= 0.6 is 27.5 Å². The third-order valence-electron chi connectivity index (χ3n) is 2.73. The van der Waals surface area contributed by atoms with Gasteiger partial charge in [0, 0.05) is 10.2 Å². The number of nitrogens with two attached hydrogens (primary N) is 1. The number of hydrogen-bond acceptors (Lipinski definition) is 2. The number of nitrogens with zero attached hydrogens (tertiary/aromatic N) is 1. The van der Waals surface area contributed by atoms with E-state index in [9.17, 15) is 0 Å². The molecular weight excluding hydrogens is 314 g/mol. The smallest absolute Gasteiger partial charge is 0.142 e. The average molecular weight is 323 g/mol. The van der Waals surface area contributed by atoms with Crippen LogP contribution in [-0.2, 0) is 0 Å². The molecule has 0 amide bonds. The van der Waals surface area contributed by atoms with E-state index in [1.807, 2.05) is 30.3 Å². The van der Waals surface area contributed by atoms with Crippen LogP contribution in [0.4, 0.5) is 5.69 Å². The van der Waals surface area contributed by atoms with E-state index in [4.69, 9.17) is 17.3 Å². The van der Waals surface area contributed by atoms with Gasteiger partial charge >= 0.3 is 0 Å². The van der Waals surface area contributed by atoms with Crippen molar-refractivity contribution in [2.45, 2.75) is 0 Å². The number of rotatable bonds is 1. The number of aromatic nitrogens is 2. The Kier molecular flexibility index (Phi) is 2.76. The highest BCUT2D eigenvalue weighted by Gasteiger charge is 2.12. The number of anilines is 1. The van der Waals surface area contributed by atoms with Crippen LogP contribution in [0.15, 0.2) is 40.9 Å². The van der Waals surface area contributed by atoms with Gasteiger partial charge < -0.3 is 10.7 Å². The number of nitrogens with one attached hydrogen (secondary N) is 1. The summed E-state index contributed by atoms with van der Waals surface area (Å²) < 4.78 is 0.998. The third kappa shape index (κ3) is 1.87. The van der Waals surface area contributed by atoms with Crippen LogP contribution in [0.3, 0.4) is 0 Å². The molecule has 3 aromatic rings. The van der Waals surface area contributed by atoms with Crippen LogP contribution in [0.1, 0.15) is 0 Å². The van der Waals surface area contributed by atoms with E-state index in [1.165, 1.54) is 0 Å². The van der Waals surface area contributed by atoms with Crippen LogP contribution < -0.4 is 5.73 Å². The number of halogens is 2. The molecule has 0 saturated heterocycles. The number of fused-ring (bicyclic) bond motifs is 1. The van der Waals surface area contributed by atoms with Gasteiger partial charge in [-0.15, -0.1) is 0 Å². The van der Waals surface area contributed by atoms with Crippen molar-refractivity contribution in [1.82, 2.24) is 9.97 Å². The van der Waals surface area contributed by atoms with Crippen molar-refractivity contribution in [2.24, 2.45) is 0 Å². The molecule has 0 aliphatic rings. The van der Waals surface area contributed by atoms with E-state index in [-0.39, 0.29) is 0 Å². The van der Waals surface area contributed by atoms with E-state index < -0.39 is 0 Å². The molecule has 0 spiro atoms. The minimum absolute atomic E-state index is 0.591. The maximum atomic E-state index is 6.17. The van der Waals surface area contributed by atoms with Crippen molar-refractivity contribution in [3.05, 3.63) is 45.9 Å². The lowest BCUT2D eigenvalue weighted by Crippen LogP contribution is -1.91. The first-order chi connectivity index (χ1) is 8.65. The zero-order chi connectivity index (χ0) is 12.7. The highest BCUT2D eigenvalue weighted by atomic mass is 79.9. The van der Waals surface area contributed by atoms with Crippen molar-refractivity contribution in [2.75, 3.05) is 5.73 Å². The monoisotopic (exact) mass is 321 g/mol. The van der Waals surface area contributed by atoms with Crippen LogP contribution in [0.5, 0.6) is 0 Å². The molecule has 90 valence electrons. The van der Waals surface area contributed by atoms with E-state index in [1.54, 1.807) is 6.07 Å². The molecule has 3 rings (SSSR count). The van der Waals surface area contributed by atoms with Crippen LogP contribution in [-0.4, -0.2) is 9.97 Å². The molecule has 2 aromatic carbocycles. The Hall–Kier alpha value is -1.52. The van der Waals surface area contributed by atoms with Crippen molar-refractivity contribution in [3.63, 3.8) is 0 Å². The minimum atomic E-state index is 0.591. The Morgan fingerprint density at radius 1 is 1.22 bits per heavy atom. The van der Waals surface area contributed by atoms with Crippen LogP contribution in [0.2, 0.25) is 5.02 Å². The van der Waals surface area contributed by atoms with Gasteiger partial charge in [0.05, 0.1) is 21.6 Å². The largest absolute Gasteiger partial charge is 0.398 e. The van der Waals surface area contributed by atoms with Gasteiger partial charge in [-0.05, 0) is 30.3 Å². The Bertz CT molecular complexity index is 716. The van der Waals surface area contributed by atoms with E-state index in [0.29, 0.717) is 16.5 Å². The molecule has 18 heavy (non-hydrogen) atoms. The summed E-state index contributed by atoms with van der Waals surface area (Å²) in [4.78, 5) is 7.73. The molecule has 0 aliphatic carbocycles. The summed E-state index contributed by atoms with van der Waals surface area (Å²) in [5, 5.41) is 0.591. The minimum Gasteiger partial charge on any atom is -0.398 e. The summed E-state index contributed by atoms with van der Waals surface area (Å²) in [6.45, 7) is 0. The maximum Gasteiger partial charge on any atom is 0.142 e. The van der Waals surface area contributed by atoms with Gasteiger partial charge in [0.1, 0.15) is 5.82 Å². The molecule has 1 heterocycles. The SMILES string of the molecule is Nc1cccc(Cl)c1-c1nc2ccc(Br)cc2[nH]1. The lowest BCUT2D eigenvalue weighted by molar-refractivity contribution is 1.34. The highest BCUT2D eigenvalue weighted by molar-refractivity contribution is 9.10. The predicted octanol–water partition coefficient (Wildman–Crippen LogP) is 4.23. The zero-order valence-electron chi connectivity index (χ0n) is 9.24. The number of aromatic amines is 1. The van der Waals surface area contributed by atoms with E-state index in [2.05, 4.69) is 25.9 Å². The zero-order valence-corrected chi connectivity index (χ0v) is 11.6. The first-order valence-electron chi connectivity index (χ1n) is 5.35. The van der Waals surface area contributed by atoms with Crippen LogP contribution in [0.25, 0.3) is 22.4 Å². The van der Waals surface area contributed by atoms with Crippen LogP contribution in [0, 0.1) is 0 Å². The predicted molar refractivity (Wildman–Crippen MR) is 78.7 cm³/mol. The number of H-pyrrole nitrogens is 1. The summed E-state index contributed by atoms with van der Waals surface area (Å²) in [7, 11) is 0. The lowest BCUT2D eigenvalue weighted by Gasteiger charge is -2.03. The number of hydrogen-bond donors (Lipinski definition) is 2. The fraction of sp³-hybridized carbons (Fsp3) is 0. The molecule has 1 aromatic heterocycles. The van der Waals surface area contributed by atoms with Crippen molar-refractivity contribution < 1.29 is 0 Å². The standard InChI is InChI=1S/C13H9BrClN3/c14-7-4-5-10-11(6-7)18-13(17-10)12-8(15)2-1-3-9(12)16/h1-6H,16H2,(H,17,18). The number of benzene rings is 2. The second-order valence-electron chi connectivity index (χ2n) is 3.95. The Balaban J connectivity index is 2.26. The fourth-order valence-corrected chi connectivity index (χ4v) is 2.52. The van der Waals surface area contributed by atoms with Gasteiger partial charge in [-0.1, -0.05) is 33.6 Å². The van der Waals surface area contributed by atoms with Gasteiger partial charge in [0.2, 0.25) is 0 Å². The maximum absolute atomic E-state index is 6.17. The van der Waals surface area contributed by atoms with Crippen molar-refractivity contribution >= 4 is 44.3 Å². The second-order valence-corrected chi connectivity index (χ2v) is 5.27. The second kappa shape index (κ2) is 4.30. The molecular formula is C13H9BrClN3. The topological polar surface area (TPSA) is 54.7 Å². The molecule has 0 radical (unpaired) electrons. The summed E-state index contributed by atoms with van der Waals surface area (Å²) >= 11 is 9.60. The lowest BCUT2D eigenvalue weighted by atomic mass is 10.2. The average Bonchev–Trinajstić information content (AvgIpc) is 2.71. The first-order valence-corrected chi connectivity index (χ1v) is 6.52. The van der Waals surface area contributed by atoms with E-state index >= 15 is 0 Å². The molecule has 3 nitrogen and oxygen atoms in total. The highest BCUT2D eigenvalue weighted by Crippen LogP contribution is 2.32. The molecule has 0 unspecified atom stereocenters. The summed E-state index contributed by atoms with van der Waals surface area (Å²) in [5.74, 6) is 0.686. The molecule has 0 saturated carbocycles. The number of imidazole rings is 1. The number of nitrogen functional groups attached to an aromatic ring is 1. The first kappa shape index (κ1) is 11.6.